The number of anilines is 1. The van der Waals surface area contributed by atoms with E-state index in [0.29, 0.717) is 0 Å². The Morgan fingerprint density at radius 1 is 1.07 bits per heavy atom. The molecule has 0 saturated carbocycles. The highest BCUT2D eigenvalue weighted by molar-refractivity contribution is 8.00. The third-order valence-electron chi connectivity index (χ3n) is 3.13. The third kappa shape index (κ3) is 7.61. The van der Waals surface area contributed by atoms with Crippen molar-refractivity contribution in [3.8, 4) is 5.75 Å². The first-order valence-electron chi connectivity index (χ1n) is 7.77. The Bertz CT molecular complexity index is 766. The van der Waals surface area contributed by atoms with Crippen LogP contribution >= 0.6 is 11.8 Å². The quantitative estimate of drug-likeness (QED) is 0.557. The summed E-state index contributed by atoms with van der Waals surface area (Å²) >= 11 is 1.28. The topological polar surface area (TPSA) is 64.6 Å². The summed E-state index contributed by atoms with van der Waals surface area (Å²) in [6.45, 7) is 1.40. The van der Waals surface area contributed by atoms with Crippen molar-refractivity contribution < 1.29 is 32.2 Å². The summed E-state index contributed by atoms with van der Waals surface area (Å²) in [5.41, 5.74) is 0.246. The van der Waals surface area contributed by atoms with E-state index in [1.807, 2.05) is 30.3 Å². The van der Waals surface area contributed by atoms with Crippen LogP contribution in [0.5, 0.6) is 5.75 Å². The van der Waals surface area contributed by atoms with Gasteiger partial charge in [0.1, 0.15) is 5.75 Å². The highest BCUT2D eigenvalue weighted by atomic mass is 32.2. The molecule has 0 bridgehead atoms. The molecule has 9 heteroatoms. The van der Waals surface area contributed by atoms with Crippen LogP contribution in [0.15, 0.2) is 59.5 Å². The fourth-order valence-electron chi connectivity index (χ4n) is 1.93. The zero-order valence-corrected chi connectivity index (χ0v) is 15.0. The summed E-state index contributed by atoms with van der Waals surface area (Å²) in [7, 11) is 0. The van der Waals surface area contributed by atoms with Crippen LogP contribution in [0.3, 0.4) is 0 Å². The zero-order chi connectivity index (χ0) is 19.9. The van der Waals surface area contributed by atoms with Crippen molar-refractivity contribution in [3.05, 3.63) is 54.6 Å². The van der Waals surface area contributed by atoms with E-state index >= 15 is 0 Å². The van der Waals surface area contributed by atoms with Gasteiger partial charge >= 0.3 is 12.3 Å². The molecule has 144 valence electrons. The monoisotopic (exact) mass is 399 g/mol. The van der Waals surface area contributed by atoms with Gasteiger partial charge in [-0.15, -0.1) is 24.9 Å². The maximum absolute atomic E-state index is 12.1. The molecule has 1 N–H and O–H groups in total. The van der Waals surface area contributed by atoms with E-state index in [0.717, 1.165) is 17.0 Å². The fourth-order valence-corrected chi connectivity index (χ4v) is 2.63. The average Bonchev–Trinajstić information content (AvgIpc) is 2.61. The van der Waals surface area contributed by atoms with Gasteiger partial charge in [-0.3, -0.25) is 9.59 Å². The van der Waals surface area contributed by atoms with Gasteiger partial charge in [-0.05, 0) is 43.3 Å². The predicted molar refractivity (Wildman–Crippen MR) is 94.5 cm³/mol. The molecule has 1 amide bonds. The van der Waals surface area contributed by atoms with Gasteiger partial charge < -0.3 is 14.8 Å². The molecule has 0 aliphatic carbocycles. The largest absolute Gasteiger partial charge is 0.573 e. The molecule has 0 aliphatic rings. The van der Waals surface area contributed by atoms with Crippen LogP contribution in [-0.4, -0.2) is 30.1 Å². The molecule has 0 fully saturated rings. The molecule has 0 unspecified atom stereocenters. The van der Waals surface area contributed by atoms with E-state index in [1.54, 1.807) is 0 Å². The molecule has 0 spiro atoms. The molecule has 2 aromatic rings. The van der Waals surface area contributed by atoms with Gasteiger partial charge in [-0.25, -0.2) is 0 Å². The molecular weight excluding hydrogens is 383 g/mol. The second-order valence-corrected chi connectivity index (χ2v) is 6.34. The molecule has 2 aromatic carbocycles. The van der Waals surface area contributed by atoms with Gasteiger partial charge in [0.15, 0.2) is 6.10 Å². The normalized spacial score (nSPS) is 12.1. The van der Waals surface area contributed by atoms with Gasteiger partial charge in [0.05, 0.1) is 5.75 Å². The number of rotatable bonds is 7. The number of halogens is 3. The SMILES string of the molecule is C[C@H](OC(=O)CSc1ccccc1)C(=O)Nc1ccc(OC(F)(F)F)cc1. The number of hydrogen-bond acceptors (Lipinski definition) is 5. The first kappa shape index (κ1) is 20.6. The Labute approximate surface area is 157 Å². The first-order chi connectivity index (χ1) is 12.7. The summed E-state index contributed by atoms with van der Waals surface area (Å²) < 4.78 is 45.1. The van der Waals surface area contributed by atoms with E-state index in [1.165, 1.54) is 30.8 Å². The highest BCUT2D eigenvalue weighted by Crippen LogP contribution is 2.24. The van der Waals surface area contributed by atoms with E-state index in [2.05, 4.69) is 10.1 Å². The van der Waals surface area contributed by atoms with Gasteiger partial charge in [-0.1, -0.05) is 18.2 Å². The Morgan fingerprint density at radius 2 is 1.70 bits per heavy atom. The van der Waals surface area contributed by atoms with Crippen LogP contribution in [0.25, 0.3) is 0 Å². The molecule has 0 aliphatic heterocycles. The van der Waals surface area contributed by atoms with Crippen molar-refractivity contribution in [2.75, 3.05) is 11.1 Å². The Morgan fingerprint density at radius 3 is 2.30 bits per heavy atom. The predicted octanol–water partition coefficient (Wildman–Crippen LogP) is 4.25. The smallest absolute Gasteiger partial charge is 0.452 e. The van der Waals surface area contributed by atoms with Gasteiger partial charge in [0.25, 0.3) is 5.91 Å². The summed E-state index contributed by atoms with van der Waals surface area (Å²) in [6, 6.07) is 13.9. The molecule has 0 aromatic heterocycles. The first-order valence-corrected chi connectivity index (χ1v) is 8.75. The zero-order valence-electron chi connectivity index (χ0n) is 14.2. The second kappa shape index (κ2) is 9.31. The van der Waals surface area contributed by atoms with E-state index in [-0.39, 0.29) is 11.4 Å². The minimum Gasteiger partial charge on any atom is -0.452 e. The van der Waals surface area contributed by atoms with Crippen LogP contribution in [0, 0.1) is 0 Å². The third-order valence-corrected chi connectivity index (χ3v) is 4.12. The number of amides is 1. The van der Waals surface area contributed by atoms with Crippen molar-refractivity contribution >= 4 is 29.3 Å². The minimum absolute atomic E-state index is 0.0467. The number of carbonyl (C=O) groups excluding carboxylic acids is 2. The molecule has 27 heavy (non-hydrogen) atoms. The number of alkyl halides is 3. The standard InChI is InChI=1S/C18H16F3NO4S/c1-12(25-16(23)11-27-15-5-3-2-4-6-15)17(24)22-13-7-9-14(10-8-13)26-18(19,20)21/h2-10,12H,11H2,1H3,(H,22,24)/t12-/m0/s1. The molecule has 0 radical (unpaired) electrons. The van der Waals surface area contributed by atoms with Crippen molar-refractivity contribution in [2.24, 2.45) is 0 Å². The Hall–Kier alpha value is -2.68. The van der Waals surface area contributed by atoms with Crippen molar-refractivity contribution in [1.29, 1.82) is 0 Å². The maximum atomic E-state index is 12.1. The lowest BCUT2D eigenvalue weighted by atomic mass is 10.3. The number of esters is 1. The number of nitrogens with one attached hydrogen (secondary N) is 1. The van der Waals surface area contributed by atoms with E-state index < -0.39 is 30.1 Å². The highest BCUT2D eigenvalue weighted by Gasteiger charge is 2.31. The van der Waals surface area contributed by atoms with Crippen LogP contribution in [0.4, 0.5) is 18.9 Å². The lowest BCUT2D eigenvalue weighted by Gasteiger charge is -2.14. The van der Waals surface area contributed by atoms with Gasteiger partial charge in [0, 0.05) is 10.6 Å². The van der Waals surface area contributed by atoms with Crippen molar-refractivity contribution in [2.45, 2.75) is 24.3 Å². The van der Waals surface area contributed by atoms with Crippen LogP contribution in [0.2, 0.25) is 0 Å². The molecule has 0 saturated heterocycles. The van der Waals surface area contributed by atoms with Gasteiger partial charge in [0.2, 0.25) is 0 Å². The summed E-state index contributed by atoms with van der Waals surface area (Å²) in [5.74, 6) is -1.51. The number of benzene rings is 2. The maximum Gasteiger partial charge on any atom is 0.573 e. The number of ether oxygens (including phenoxy) is 2. The fraction of sp³-hybridized carbons (Fsp3) is 0.222. The second-order valence-electron chi connectivity index (χ2n) is 5.30. The summed E-state index contributed by atoms with van der Waals surface area (Å²) in [5, 5.41) is 2.45. The molecular formula is C18H16F3NO4S. The average molecular weight is 399 g/mol. The van der Waals surface area contributed by atoms with Crippen molar-refractivity contribution in [3.63, 3.8) is 0 Å². The molecule has 2 rings (SSSR count). The lowest BCUT2D eigenvalue weighted by molar-refractivity contribution is -0.274. The Kier molecular flexibility index (Phi) is 7.12. The molecule has 5 nitrogen and oxygen atoms in total. The number of carbonyl (C=O) groups is 2. The Balaban J connectivity index is 1.80. The van der Waals surface area contributed by atoms with Crippen LogP contribution < -0.4 is 10.1 Å². The van der Waals surface area contributed by atoms with E-state index in [9.17, 15) is 22.8 Å². The molecule has 1 atom stereocenters. The van der Waals surface area contributed by atoms with Gasteiger partial charge in [-0.2, -0.15) is 0 Å². The van der Waals surface area contributed by atoms with Crippen molar-refractivity contribution in [1.82, 2.24) is 0 Å². The minimum atomic E-state index is -4.79. The summed E-state index contributed by atoms with van der Waals surface area (Å²) in [4.78, 5) is 24.7. The summed E-state index contributed by atoms with van der Waals surface area (Å²) in [6.07, 6.45) is -5.84. The molecule has 0 heterocycles. The number of hydrogen-bond donors (Lipinski definition) is 1. The lowest BCUT2D eigenvalue weighted by Crippen LogP contribution is -2.30. The van der Waals surface area contributed by atoms with Crippen LogP contribution in [0.1, 0.15) is 6.92 Å². The van der Waals surface area contributed by atoms with E-state index in [4.69, 9.17) is 4.74 Å². The van der Waals surface area contributed by atoms with Crippen LogP contribution in [-0.2, 0) is 14.3 Å². The number of thioether (sulfide) groups is 1.